The molecule has 6 rings (SSSR count). The van der Waals surface area contributed by atoms with Crippen molar-refractivity contribution in [1.82, 2.24) is 36.0 Å². The van der Waals surface area contributed by atoms with Crippen LogP contribution in [0.2, 0.25) is 0 Å². The summed E-state index contributed by atoms with van der Waals surface area (Å²) in [5.74, 6) is -3.96. The summed E-state index contributed by atoms with van der Waals surface area (Å²) in [5, 5.41) is 189. The van der Waals surface area contributed by atoms with E-state index in [4.69, 9.17) is 56.8 Å². The topological polar surface area (TPSA) is 738 Å². The van der Waals surface area contributed by atoms with Gasteiger partial charge in [0.15, 0.2) is 60.9 Å². The van der Waals surface area contributed by atoms with Crippen molar-refractivity contribution in [3.63, 3.8) is 0 Å². The molecule has 0 unspecified atom stereocenters. The molecule has 0 spiro atoms. The fraction of sp³-hybridized carbons (Fsp3) is 0.865. The van der Waals surface area contributed by atoms with E-state index >= 15 is 0 Å². The minimum absolute atomic E-state index is 0.00354. The molecule has 6 saturated heterocycles. The zero-order valence-electron chi connectivity index (χ0n) is 80.4. The Bertz CT molecular complexity index is 3100. The van der Waals surface area contributed by atoms with Gasteiger partial charge in [0.1, 0.15) is 129 Å². The lowest BCUT2D eigenvalue weighted by molar-refractivity contribution is -0.293. The summed E-state index contributed by atoms with van der Waals surface area (Å²) in [6, 6.07) is 0. The van der Waals surface area contributed by atoms with E-state index in [1.54, 1.807) is 13.8 Å². The van der Waals surface area contributed by atoms with Crippen molar-refractivity contribution in [2.75, 3.05) is 105 Å². The quantitative estimate of drug-likeness (QED) is 0.0252. The van der Waals surface area contributed by atoms with Gasteiger partial charge in [-0.3, -0.25) is 57.5 Å². The van der Waals surface area contributed by atoms with Crippen LogP contribution in [-0.4, -0.2) is 466 Å². The molecule has 6 aliphatic heterocycles. The highest BCUT2D eigenvalue weighted by Gasteiger charge is 2.48. The molecule has 22 N–H and O–H groups in total. The fourth-order valence-electron chi connectivity index (χ4n) is 15.0. The van der Waals surface area contributed by atoms with Crippen LogP contribution in [-0.2, 0) is 114 Å². The fourth-order valence-corrected chi connectivity index (χ4v) is 15.0. The lowest BCUT2D eigenvalue weighted by atomic mass is 10.00. The van der Waals surface area contributed by atoms with Crippen LogP contribution in [0.15, 0.2) is 0 Å². The molecule has 6 fully saturated rings. The molecule has 49 nitrogen and oxygen atoms in total. The molecular weight excluding hydrogens is 1840 g/mol. The molecule has 0 aromatic carbocycles. The summed E-state index contributed by atoms with van der Waals surface area (Å²) in [7, 11) is 0. The molecule has 6 aliphatic rings. The highest BCUT2D eigenvalue weighted by Crippen LogP contribution is 2.29. The Labute approximate surface area is 802 Å². The third kappa shape index (κ3) is 43.5. The number of ether oxygens (including phenoxy) is 12. The van der Waals surface area contributed by atoms with Crippen LogP contribution in [0.3, 0.4) is 0 Å². The Morgan fingerprint density at radius 1 is 0.225 bits per heavy atom. The van der Waals surface area contributed by atoms with E-state index in [0.29, 0.717) is 64.5 Å². The maximum absolute atomic E-state index is 13.0. The van der Waals surface area contributed by atoms with Crippen LogP contribution in [0.4, 0.5) is 0 Å². The number of nitrogens with one attached hydrogen (secondary N) is 4. The molecular formula is C89H155N7O42. The average molecular weight is 2000 g/mol. The minimum Gasteiger partial charge on any atom is -0.388 e. The number of unbranched alkanes of at least 4 members (excludes halogenated alkanes) is 3. The average Bonchev–Trinajstić information content (AvgIpc) is 0.840. The molecule has 6 heterocycles. The first-order valence-corrected chi connectivity index (χ1v) is 47.6. The summed E-state index contributed by atoms with van der Waals surface area (Å²) < 4.78 is 64.7. The Hall–Kier alpha value is -6.56. The Morgan fingerprint density at radius 3 is 0.652 bits per heavy atom. The molecule has 798 valence electrons. The number of aliphatic hydroxyl groups excluding tert-OH is 18. The van der Waals surface area contributed by atoms with Crippen molar-refractivity contribution < 1.29 is 206 Å². The van der Waals surface area contributed by atoms with Gasteiger partial charge in [0.05, 0.1) is 102 Å². The summed E-state index contributed by atoms with van der Waals surface area (Å²) in [6.45, 7) is 13.0. The number of Topliss-reactive ketones (excluding diaryl/α,β-unsaturated/α-hetero) is 5. The second kappa shape index (κ2) is 65.7. The smallest absolute Gasteiger partial charge is 0.239 e. The van der Waals surface area contributed by atoms with Gasteiger partial charge >= 0.3 is 0 Å². The van der Waals surface area contributed by atoms with Gasteiger partial charge in [-0.15, -0.1) is 0 Å². The molecule has 0 bridgehead atoms. The number of nitrogens with zero attached hydrogens (tertiary/aromatic N) is 3. The van der Waals surface area contributed by atoms with Gasteiger partial charge in [-0.05, 0) is 126 Å². The van der Waals surface area contributed by atoms with Gasteiger partial charge in [0.25, 0.3) is 0 Å². The zero-order chi connectivity index (χ0) is 103. The van der Waals surface area contributed by atoms with Crippen molar-refractivity contribution in [3.8, 4) is 0 Å². The predicted molar refractivity (Wildman–Crippen MR) is 475 cm³/mol. The molecule has 0 radical (unpaired) electrons. The maximum atomic E-state index is 13.0. The number of hydrogen-bond donors (Lipinski definition) is 22. The van der Waals surface area contributed by atoms with Crippen LogP contribution in [0, 0.1) is 0 Å². The number of ketones is 5. The monoisotopic (exact) mass is 1990 g/mol. The van der Waals surface area contributed by atoms with Gasteiger partial charge < -0.3 is 185 Å². The summed E-state index contributed by atoms with van der Waals surface area (Å²) in [4.78, 5) is 154. The van der Waals surface area contributed by atoms with Crippen molar-refractivity contribution in [3.05, 3.63) is 0 Å². The summed E-state index contributed by atoms with van der Waals surface area (Å²) in [5.41, 5.74) is 0. The lowest BCUT2D eigenvalue weighted by Gasteiger charge is -2.38. The van der Waals surface area contributed by atoms with Crippen molar-refractivity contribution in [2.45, 2.75) is 388 Å². The number of carbonyl (C=O) groups excluding carboxylic acids is 12. The maximum Gasteiger partial charge on any atom is 0.239 e. The molecule has 0 aromatic rings. The van der Waals surface area contributed by atoms with Gasteiger partial charge in [-0.1, -0.05) is 6.92 Å². The highest BCUT2D eigenvalue weighted by molar-refractivity contribution is 5.92. The Morgan fingerprint density at radius 2 is 0.428 bits per heavy atom. The van der Waals surface area contributed by atoms with Crippen molar-refractivity contribution >= 4 is 70.3 Å². The van der Waals surface area contributed by atoms with E-state index in [1.165, 1.54) is 51.3 Å². The normalized spacial score (nSPS) is 31.3. The Kier molecular flexibility index (Phi) is 58.9. The number of amides is 7. The molecule has 0 aliphatic carbocycles. The highest BCUT2D eigenvalue weighted by atomic mass is 16.7. The van der Waals surface area contributed by atoms with E-state index in [-0.39, 0.29) is 203 Å². The number of aliphatic hydroxyl groups is 18. The lowest BCUT2D eigenvalue weighted by Crippen LogP contribution is -2.57. The minimum atomic E-state index is -1.50. The molecule has 30 atom stereocenters. The SMILES string of the molecule is CCCC(=O)CCCCC(=O)N(CC(=O)CCCO[C@@H]1O[C@@H](C)[C@@H](O)[C@@H](O)[C@@H]1O)CC(=O)CCCO[C@@H]1O[C@@H](C)[C@@H](O)[C@@H](O)[C@@H]1O.CCNC(=O)CCCCC(=O)N(CC(=O)CCCO[C@@H]1O[C@@H](C)[C@@H](O)[C@@H](O)[C@@H]1O)CC(=O)CCCO[C@@H]1O[C@@H](C)[C@@H](O)[C@@H](O)[C@@H]1O.CCNC(=O)CCCCC(=O)N(CC(=O)NCCO[C@@H]1O[C@@H](C)[C@@H](O)[C@@H](O)[C@@H]1O)CC(=O)NCCO[C@@H]1O[C@@H](C)[C@@H](O)[C@@H](O)[C@@H]1O. The molecule has 0 aromatic heterocycles. The van der Waals surface area contributed by atoms with Crippen LogP contribution in [0.1, 0.15) is 204 Å². The molecule has 49 heteroatoms. The number of carbonyl (C=O) groups is 12. The first kappa shape index (κ1) is 124. The van der Waals surface area contributed by atoms with Crippen LogP contribution in [0.25, 0.3) is 0 Å². The summed E-state index contributed by atoms with van der Waals surface area (Å²) >= 11 is 0. The molecule has 0 saturated carbocycles. The third-order valence-electron chi connectivity index (χ3n) is 23.4. The van der Waals surface area contributed by atoms with E-state index in [0.717, 1.165) is 11.3 Å². The second-order valence-corrected chi connectivity index (χ2v) is 35.1. The van der Waals surface area contributed by atoms with Crippen LogP contribution < -0.4 is 21.3 Å². The van der Waals surface area contributed by atoms with Gasteiger partial charge in [0, 0.05) is 96.8 Å². The summed E-state index contributed by atoms with van der Waals surface area (Å²) in [6.07, 6.45) is -31.5. The number of hydrogen-bond acceptors (Lipinski definition) is 42. The van der Waals surface area contributed by atoms with Crippen molar-refractivity contribution in [2.24, 2.45) is 0 Å². The van der Waals surface area contributed by atoms with E-state index < -0.39 is 227 Å². The largest absolute Gasteiger partial charge is 0.388 e. The first-order chi connectivity index (χ1) is 65.3. The van der Waals surface area contributed by atoms with Gasteiger partial charge in [-0.2, -0.15) is 0 Å². The van der Waals surface area contributed by atoms with Gasteiger partial charge in [-0.25, -0.2) is 0 Å². The zero-order valence-corrected chi connectivity index (χ0v) is 80.4. The van der Waals surface area contributed by atoms with Crippen LogP contribution in [0.5, 0.6) is 0 Å². The van der Waals surface area contributed by atoms with Crippen molar-refractivity contribution in [1.29, 1.82) is 0 Å². The molecule has 138 heavy (non-hydrogen) atoms. The molecule has 7 amide bonds. The second-order valence-electron chi connectivity index (χ2n) is 35.1. The van der Waals surface area contributed by atoms with Crippen LogP contribution >= 0.6 is 0 Å². The Balaban J connectivity index is 0.000000432. The van der Waals surface area contributed by atoms with E-state index in [2.05, 4.69) is 21.3 Å². The number of rotatable bonds is 59. The van der Waals surface area contributed by atoms with Gasteiger partial charge in [0.2, 0.25) is 41.4 Å². The van der Waals surface area contributed by atoms with E-state index in [9.17, 15) is 149 Å². The standard InChI is InChI=1S/C31H53NO14.C30H52N2O14.C28H50N4O14/c1-4-9-20(33)10-5-6-13-23(36)32(16-21(34)11-7-14-43-30-28(41)26(39)24(37)18(2)45-30)17-22(35)12-8-15-44-31-29(42)27(40)25(38)19(3)46-31;1-4-31-21(35)11-5-6-12-22(36)32(15-19(33)9-7-13-43-29-27(41)25(39)23(37)17(2)45-29)16-20(34)10-8-14-44-30-28(42)26(40)24(38)18(3)46-30;1-4-29-17(33)7-5-6-8-20(36)32(13-18(34)30-9-11-43-27-25(41)23(39)21(37)15(2)45-27)14-19(35)31-10-12-44-28-26(42)24(40)22(38)16(3)46-28/h18-19,24-31,37-42H,4-17H2,1-3H3;17-18,23-30,37-42H,4-16H2,1-3H3,(H,31,35);15-16,21-28,37-42H,4-14H2,1-3H3,(H,29,33)(H,30,34)(H,31,35)/t18-,19-,24+,25+,26+,27+,28-,29-,30+,31+;17-,18-,23+,24+,25+,26+,27-,28-,29+,30+;15-,16-,21+,22+,23+,24+,25-,26-,27+,28+/m000/s1. The van der Waals surface area contributed by atoms with E-state index in [1.807, 2.05) is 6.92 Å². The first-order valence-electron chi connectivity index (χ1n) is 47.6. The third-order valence-corrected chi connectivity index (χ3v) is 23.4. The predicted octanol–water partition coefficient (Wildman–Crippen LogP) is -7.54.